The molecule has 0 radical (unpaired) electrons. The largest absolute Gasteiger partial charge is 0.468 e. The van der Waals surface area contributed by atoms with E-state index < -0.39 is 28.6 Å². The first-order valence-electron chi connectivity index (χ1n) is 11.9. The zero-order chi connectivity index (χ0) is 25.3. The highest BCUT2D eigenvalue weighted by molar-refractivity contribution is 7.91. The predicted molar refractivity (Wildman–Crippen MR) is 137 cm³/mol. The summed E-state index contributed by atoms with van der Waals surface area (Å²) >= 11 is 7.16. The quantitative estimate of drug-likeness (QED) is 0.498. The van der Waals surface area contributed by atoms with Crippen LogP contribution in [0, 0.1) is 0 Å². The van der Waals surface area contributed by atoms with Crippen molar-refractivity contribution in [3.05, 3.63) is 29.3 Å². The third-order valence-electron chi connectivity index (χ3n) is 7.00. The molecule has 192 valence electrons. The maximum atomic E-state index is 13.8. The van der Waals surface area contributed by atoms with Crippen LogP contribution in [0.15, 0.2) is 28.5 Å². The summed E-state index contributed by atoms with van der Waals surface area (Å²) in [6, 6.07) is 6.34. The molecule has 4 rings (SSSR count). The topological polar surface area (TPSA) is 87.2 Å². The number of hydrogen-bond donors (Lipinski definition) is 0. The molecule has 35 heavy (non-hydrogen) atoms. The number of rotatable bonds is 7. The zero-order valence-corrected chi connectivity index (χ0v) is 22.7. The van der Waals surface area contributed by atoms with Crippen LogP contribution in [0.1, 0.15) is 39.5 Å². The molecule has 0 spiro atoms. The van der Waals surface area contributed by atoms with E-state index in [9.17, 15) is 18.0 Å². The third kappa shape index (κ3) is 5.51. The van der Waals surface area contributed by atoms with Gasteiger partial charge in [0.2, 0.25) is 5.91 Å². The van der Waals surface area contributed by atoms with Crippen LogP contribution >= 0.6 is 22.9 Å². The summed E-state index contributed by atoms with van der Waals surface area (Å²) in [6.45, 7) is 6.25. The van der Waals surface area contributed by atoms with Crippen LogP contribution in [0.5, 0.6) is 0 Å². The van der Waals surface area contributed by atoms with Crippen molar-refractivity contribution in [2.45, 2.75) is 61.9 Å². The summed E-state index contributed by atoms with van der Waals surface area (Å²) in [5.74, 6) is -0.927. The number of benzene rings is 1. The van der Waals surface area contributed by atoms with E-state index in [1.54, 1.807) is 24.3 Å². The Kier molecular flexibility index (Phi) is 8.07. The Morgan fingerprint density at radius 3 is 2.57 bits per heavy atom. The van der Waals surface area contributed by atoms with E-state index in [0.717, 1.165) is 51.7 Å². The lowest BCUT2D eigenvalue weighted by atomic mass is 9.96. The molecule has 0 bridgehead atoms. The van der Waals surface area contributed by atoms with Crippen molar-refractivity contribution in [3.63, 3.8) is 0 Å². The number of amides is 1. The molecule has 2 saturated heterocycles. The summed E-state index contributed by atoms with van der Waals surface area (Å²) in [4.78, 5) is 30.2. The molecule has 1 aromatic heterocycles. The van der Waals surface area contributed by atoms with E-state index in [1.807, 2.05) is 4.90 Å². The van der Waals surface area contributed by atoms with Crippen LogP contribution in [0.2, 0.25) is 5.02 Å². The number of hydrogen-bond acceptors (Lipinski definition) is 7. The minimum atomic E-state index is -4.14. The highest BCUT2D eigenvalue weighted by Gasteiger charge is 2.43. The van der Waals surface area contributed by atoms with Gasteiger partial charge in [-0.05, 0) is 63.1 Å². The molecule has 0 aliphatic carbocycles. The lowest BCUT2D eigenvalue weighted by Crippen LogP contribution is -2.59. The number of likely N-dealkylation sites (tertiary alicyclic amines) is 2. The molecule has 3 heterocycles. The summed E-state index contributed by atoms with van der Waals surface area (Å²) < 4.78 is 34.3. The standard InChI is InChI=1S/C24H32ClN3O5S2/c1-16(2)26-11-8-19(9-12-26)27-10-4-5-20(24(27)30)28(15-22(29)33-3)35(31,32)23-13-17-6-7-18(25)14-21(17)34-23/h6-7,13-14,16,19-20H,4-5,8-12,15H2,1-3H3. The molecule has 2 fully saturated rings. The summed E-state index contributed by atoms with van der Waals surface area (Å²) in [5, 5.41) is 1.25. The Labute approximate surface area is 215 Å². The van der Waals surface area contributed by atoms with Gasteiger partial charge in [0.15, 0.2) is 0 Å². The SMILES string of the molecule is COC(=O)CN(C1CCCN(C2CCN(C(C)C)CC2)C1=O)S(=O)(=O)c1cc2ccc(Cl)cc2s1. The average Bonchev–Trinajstić information content (AvgIpc) is 3.27. The van der Waals surface area contributed by atoms with Crippen LogP contribution in [0.4, 0.5) is 0 Å². The van der Waals surface area contributed by atoms with E-state index >= 15 is 0 Å². The molecule has 0 N–H and O–H groups in total. The number of methoxy groups -OCH3 is 1. The monoisotopic (exact) mass is 541 g/mol. The van der Waals surface area contributed by atoms with Gasteiger partial charge in [-0.3, -0.25) is 9.59 Å². The van der Waals surface area contributed by atoms with Gasteiger partial charge in [-0.1, -0.05) is 17.7 Å². The molecular formula is C24H32ClN3O5S2. The molecule has 1 amide bonds. The Morgan fingerprint density at radius 2 is 1.91 bits per heavy atom. The van der Waals surface area contributed by atoms with E-state index in [0.29, 0.717) is 30.5 Å². The second-order valence-electron chi connectivity index (χ2n) is 9.42. The normalized spacial score (nSPS) is 20.8. The number of piperidine rings is 2. The smallest absolute Gasteiger partial charge is 0.321 e. The molecule has 1 atom stereocenters. The maximum Gasteiger partial charge on any atom is 0.321 e. The van der Waals surface area contributed by atoms with Gasteiger partial charge >= 0.3 is 5.97 Å². The number of nitrogens with zero attached hydrogens (tertiary/aromatic N) is 3. The first-order valence-corrected chi connectivity index (χ1v) is 14.6. The fourth-order valence-electron chi connectivity index (χ4n) is 5.00. The van der Waals surface area contributed by atoms with Gasteiger partial charge in [-0.2, -0.15) is 4.31 Å². The van der Waals surface area contributed by atoms with Crippen LogP contribution in [0.25, 0.3) is 10.1 Å². The van der Waals surface area contributed by atoms with Gasteiger partial charge in [0, 0.05) is 41.4 Å². The Bertz CT molecular complexity index is 1190. The van der Waals surface area contributed by atoms with Crippen molar-refractivity contribution in [2.24, 2.45) is 0 Å². The van der Waals surface area contributed by atoms with Crippen LogP contribution in [0.3, 0.4) is 0 Å². The molecule has 2 aliphatic rings. The van der Waals surface area contributed by atoms with Gasteiger partial charge in [0.1, 0.15) is 16.8 Å². The number of thiophene rings is 1. The second kappa shape index (κ2) is 10.7. The van der Waals surface area contributed by atoms with Crippen molar-refractivity contribution in [3.8, 4) is 0 Å². The van der Waals surface area contributed by atoms with E-state index in [1.165, 1.54) is 7.11 Å². The van der Waals surface area contributed by atoms with Crippen molar-refractivity contribution >= 4 is 54.9 Å². The van der Waals surface area contributed by atoms with Crippen LogP contribution in [-0.4, -0.2) is 85.8 Å². The summed E-state index contributed by atoms with van der Waals surface area (Å²) in [7, 11) is -2.92. The van der Waals surface area contributed by atoms with E-state index in [-0.39, 0.29) is 16.2 Å². The highest BCUT2D eigenvalue weighted by atomic mass is 35.5. The highest BCUT2D eigenvalue weighted by Crippen LogP contribution is 2.35. The molecular weight excluding hydrogens is 510 g/mol. The van der Waals surface area contributed by atoms with Crippen LogP contribution in [-0.2, 0) is 24.3 Å². The minimum Gasteiger partial charge on any atom is -0.468 e. The van der Waals surface area contributed by atoms with Crippen molar-refractivity contribution in [1.82, 2.24) is 14.1 Å². The van der Waals surface area contributed by atoms with Gasteiger partial charge in [0.05, 0.1) is 7.11 Å². The maximum absolute atomic E-state index is 13.8. The summed E-state index contributed by atoms with van der Waals surface area (Å²) in [5.41, 5.74) is 0. The number of esters is 1. The van der Waals surface area contributed by atoms with Crippen molar-refractivity contribution < 1.29 is 22.7 Å². The van der Waals surface area contributed by atoms with E-state index in [4.69, 9.17) is 16.3 Å². The second-order valence-corrected chi connectivity index (χ2v) is 13.1. The fraction of sp³-hybridized carbons (Fsp3) is 0.583. The zero-order valence-electron chi connectivity index (χ0n) is 20.3. The third-order valence-corrected chi connectivity index (χ3v) is 10.6. The van der Waals surface area contributed by atoms with Crippen LogP contribution < -0.4 is 0 Å². The molecule has 1 aromatic carbocycles. The number of sulfonamides is 1. The van der Waals surface area contributed by atoms with Crippen molar-refractivity contribution in [2.75, 3.05) is 33.3 Å². The number of halogens is 1. The number of carbonyl (C=O) groups excluding carboxylic acids is 2. The van der Waals surface area contributed by atoms with Gasteiger partial charge in [0.25, 0.3) is 10.0 Å². The molecule has 1 unspecified atom stereocenters. The predicted octanol–water partition coefficient (Wildman–Crippen LogP) is 3.58. The first-order chi connectivity index (χ1) is 16.6. The summed E-state index contributed by atoms with van der Waals surface area (Å²) in [6.07, 6.45) is 2.76. The number of fused-ring (bicyclic) bond motifs is 1. The van der Waals surface area contributed by atoms with Crippen molar-refractivity contribution in [1.29, 1.82) is 0 Å². The Morgan fingerprint density at radius 1 is 1.20 bits per heavy atom. The lowest BCUT2D eigenvalue weighted by Gasteiger charge is -2.44. The Hall–Kier alpha value is -1.72. The number of ether oxygens (including phenoxy) is 1. The molecule has 11 heteroatoms. The minimum absolute atomic E-state index is 0.0776. The fourth-order valence-corrected chi connectivity index (χ4v) is 8.36. The molecule has 8 nitrogen and oxygen atoms in total. The first kappa shape index (κ1) is 26.3. The molecule has 2 aliphatic heterocycles. The van der Waals surface area contributed by atoms with Gasteiger partial charge < -0.3 is 14.5 Å². The van der Waals surface area contributed by atoms with Gasteiger partial charge in [-0.15, -0.1) is 11.3 Å². The van der Waals surface area contributed by atoms with E-state index in [2.05, 4.69) is 18.7 Å². The Balaban J connectivity index is 1.62. The lowest BCUT2D eigenvalue weighted by molar-refractivity contribution is -0.145. The molecule has 0 saturated carbocycles. The average molecular weight is 542 g/mol. The number of carbonyl (C=O) groups is 2. The van der Waals surface area contributed by atoms with Gasteiger partial charge in [-0.25, -0.2) is 8.42 Å². The molecule has 2 aromatic rings.